The number of fused-ring (bicyclic) bond motifs is 2. The van der Waals surface area contributed by atoms with E-state index in [0.29, 0.717) is 17.6 Å². The van der Waals surface area contributed by atoms with Gasteiger partial charge in [0.2, 0.25) is 0 Å². The number of aromatic nitrogens is 4. The minimum absolute atomic E-state index is 0.420. The zero-order valence-corrected chi connectivity index (χ0v) is 16.9. The van der Waals surface area contributed by atoms with Gasteiger partial charge in [0.05, 0.1) is 5.52 Å². The molecule has 0 atom stereocenters. The van der Waals surface area contributed by atoms with Gasteiger partial charge in [0.25, 0.3) is 5.89 Å². The molecular formula is C24H21N5O2. The lowest BCUT2D eigenvalue weighted by molar-refractivity contribution is 0.375. The first-order valence-electron chi connectivity index (χ1n) is 10.6. The van der Waals surface area contributed by atoms with Crippen molar-refractivity contribution in [3.8, 4) is 11.7 Å². The van der Waals surface area contributed by atoms with Gasteiger partial charge in [-0.1, -0.05) is 23.4 Å². The molecule has 0 radical (unpaired) electrons. The number of furan rings is 1. The predicted molar refractivity (Wildman–Crippen MR) is 118 cm³/mol. The third-order valence-electron chi connectivity index (χ3n) is 5.99. The van der Waals surface area contributed by atoms with Crippen molar-refractivity contribution in [1.29, 1.82) is 0 Å². The van der Waals surface area contributed by atoms with Crippen LogP contribution in [0.15, 0.2) is 69.9 Å². The van der Waals surface area contributed by atoms with Crippen LogP contribution in [0.25, 0.3) is 33.5 Å². The summed E-state index contributed by atoms with van der Waals surface area (Å²) >= 11 is 0. The summed E-state index contributed by atoms with van der Waals surface area (Å²) in [6.45, 7) is 1.97. The van der Waals surface area contributed by atoms with Crippen LogP contribution in [0.4, 0.5) is 5.82 Å². The third-order valence-corrected chi connectivity index (χ3v) is 5.99. The first-order chi connectivity index (χ1) is 15.3. The van der Waals surface area contributed by atoms with Gasteiger partial charge in [0.1, 0.15) is 11.4 Å². The van der Waals surface area contributed by atoms with Crippen LogP contribution in [-0.4, -0.2) is 33.2 Å². The van der Waals surface area contributed by atoms with E-state index in [1.807, 2.05) is 24.3 Å². The van der Waals surface area contributed by atoms with Crippen LogP contribution in [0.3, 0.4) is 0 Å². The van der Waals surface area contributed by atoms with Gasteiger partial charge in [-0.3, -0.25) is 4.98 Å². The van der Waals surface area contributed by atoms with Gasteiger partial charge in [0, 0.05) is 42.7 Å². The summed E-state index contributed by atoms with van der Waals surface area (Å²) in [5, 5.41) is 6.28. The van der Waals surface area contributed by atoms with Crippen LogP contribution >= 0.6 is 0 Å². The Labute approximate surface area is 178 Å². The van der Waals surface area contributed by atoms with Gasteiger partial charge < -0.3 is 13.8 Å². The lowest BCUT2D eigenvalue weighted by atomic mass is 9.93. The topological polar surface area (TPSA) is 81.1 Å². The average molecular weight is 411 g/mol. The third kappa shape index (κ3) is 3.52. The highest BCUT2D eigenvalue weighted by molar-refractivity contribution is 5.81. The molecule has 5 aromatic rings. The molecule has 0 N–H and O–H groups in total. The van der Waals surface area contributed by atoms with Crippen LogP contribution in [0.5, 0.6) is 0 Å². The highest BCUT2D eigenvalue weighted by atomic mass is 16.5. The molecule has 1 saturated heterocycles. The van der Waals surface area contributed by atoms with Crippen molar-refractivity contribution in [1.82, 2.24) is 20.1 Å². The van der Waals surface area contributed by atoms with Crippen LogP contribution in [-0.2, 0) is 6.42 Å². The molecule has 7 heteroatoms. The number of anilines is 1. The Balaban J connectivity index is 1.11. The summed E-state index contributed by atoms with van der Waals surface area (Å²) in [7, 11) is 0. The Hall–Kier alpha value is -3.74. The zero-order valence-electron chi connectivity index (χ0n) is 16.9. The van der Waals surface area contributed by atoms with Crippen molar-refractivity contribution in [2.45, 2.75) is 19.3 Å². The second-order valence-electron chi connectivity index (χ2n) is 8.04. The lowest BCUT2D eigenvalue weighted by Gasteiger charge is -2.32. The van der Waals surface area contributed by atoms with E-state index in [9.17, 15) is 0 Å². The molecule has 0 bridgehead atoms. The van der Waals surface area contributed by atoms with Crippen molar-refractivity contribution in [2.75, 3.05) is 18.0 Å². The Kier molecular flexibility index (Phi) is 4.37. The van der Waals surface area contributed by atoms with E-state index in [2.05, 4.69) is 44.3 Å². The fourth-order valence-electron chi connectivity index (χ4n) is 4.28. The van der Waals surface area contributed by atoms with Gasteiger partial charge in [-0.05, 0) is 49.1 Å². The van der Waals surface area contributed by atoms with E-state index in [1.165, 1.54) is 5.39 Å². The lowest BCUT2D eigenvalue weighted by Crippen LogP contribution is -2.34. The Bertz CT molecular complexity index is 1320. The molecule has 1 aliphatic rings. The number of benzene rings is 1. The minimum atomic E-state index is 0.420. The van der Waals surface area contributed by atoms with Gasteiger partial charge in [0.15, 0.2) is 11.6 Å². The van der Waals surface area contributed by atoms with E-state index >= 15 is 0 Å². The summed E-state index contributed by atoms with van der Waals surface area (Å²) < 4.78 is 11.3. The van der Waals surface area contributed by atoms with E-state index in [0.717, 1.165) is 60.5 Å². The smallest absolute Gasteiger partial charge is 0.293 e. The summed E-state index contributed by atoms with van der Waals surface area (Å²) in [5.41, 5.74) is 1.81. The van der Waals surface area contributed by atoms with Gasteiger partial charge >= 0.3 is 0 Å². The van der Waals surface area contributed by atoms with Crippen molar-refractivity contribution in [3.63, 3.8) is 0 Å². The summed E-state index contributed by atoms with van der Waals surface area (Å²) in [6.07, 6.45) is 6.43. The second kappa shape index (κ2) is 7.50. The zero-order chi connectivity index (χ0) is 20.6. The van der Waals surface area contributed by atoms with Crippen LogP contribution in [0.2, 0.25) is 0 Å². The van der Waals surface area contributed by atoms with Crippen molar-refractivity contribution in [3.05, 3.63) is 66.7 Å². The maximum absolute atomic E-state index is 5.80. The Morgan fingerprint density at radius 3 is 2.77 bits per heavy atom. The van der Waals surface area contributed by atoms with Gasteiger partial charge in [-0.15, -0.1) is 0 Å². The fourth-order valence-corrected chi connectivity index (χ4v) is 4.28. The molecule has 5 heterocycles. The highest BCUT2D eigenvalue weighted by Gasteiger charge is 2.23. The minimum Gasteiger partial charge on any atom is -0.451 e. The highest BCUT2D eigenvalue weighted by Crippen LogP contribution is 2.28. The monoisotopic (exact) mass is 411 g/mol. The molecular weight excluding hydrogens is 390 g/mol. The standard InChI is InChI=1S/C24H21N5O2/c1-2-4-19-17(3-1)5-6-23(26-19)29-11-8-16(9-12-29)13-22-27-24(31-28-22)21-14-18-15-25-10-7-20(18)30-21/h1-7,10,14-16H,8-9,11-13H2. The maximum atomic E-state index is 5.80. The Morgan fingerprint density at radius 2 is 1.87 bits per heavy atom. The molecule has 1 aliphatic heterocycles. The first-order valence-corrected chi connectivity index (χ1v) is 10.6. The second-order valence-corrected chi connectivity index (χ2v) is 8.04. The SMILES string of the molecule is c1ccc2nc(N3CCC(Cc4noc(-c5cc6cnccc6o5)n4)CC3)ccc2c1. The molecule has 0 amide bonds. The molecule has 0 aliphatic carbocycles. The molecule has 0 spiro atoms. The van der Waals surface area contributed by atoms with Crippen LogP contribution in [0, 0.1) is 5.92 Å². The molecule has 0 saturated carbocycles. The number of para-hydroxylation sites is 1. The summed E-state index contributed by atoms with van der Waals surface area (Å²) in [5.74, 6) is 3.32. The van der Waals surface area contributed by atoms with Crippen molar-refractivity contribution >= 4 is 27.7 Å². The number of hydrogen-bond donors (Lipinski definition) is 0. The number of rotatable bonds is 4. The number of nitrogens with zero attached hydrogens (tertiary/aromatic N) is 5. The molecule has 154 valence electrons. The Morgan fingerprint density at radius 1 is 0.968 bits per heavy atom. The summed E-state index contributed by atoms with van der Waals surface area (Å²) in [6, 6.07) is 16.2. The average Bonchev–Trinajstić information content (AvgIpc) is 3.46. The quantitative estimate of drug-likeness (QED) is 0.417. The number of pyridine rings is 2. The maximum Gasteiger partial charge on any atom is 0.293 e. The van der Waals surface area contributed by atoms with E-state index in [-0.39, 0.29) is 0 Å². The largest absolute Gasteiger partial charge is 0.451 e. The number of hydrogen-bond acceptors (Lipinski definition) is 7. The summed E-state index contributed by atoms with van der Waals surface area (Å²) in [4.78, 5) is 15.9. The first kappa shape index (κ1) is 18.1. The van der Waals surface area contributed by atoms with E-state index < -0.39 is 0 Å². The molecule has 7 nitrogen and oxygen atoms in total. The van der Waals surface area contributed by atoms with Crippen molar-refractivity contribution < 1.29 is 8.94 Å². The molecule has 1 aromatic carbocycles. The molecule has 1 fully saturated rings. The number of piperidine rings is 1. The van der Waals surface area contributed by atoms with Crippen LogP contribution < -0.4 is 4.90 Å². The molecule has 31 heavy (non-hydrogen) atoms. The van der Waals surface area contributed by atoms with Crippen LogP contribution in [0.1, 0.15) is 18.7 Å². The normalized spacial score (nSPS) is 15.2. The van der Waals surface area contributed by atoms with Gasteiger partial charge in [-0.25, -0.2) is 4.98 Å². The molecule has 4 aromatic heterocycles. The fraction of sp³-hybridized carbons (Fsp3) is 0.250. The van der Waals surface area contributed by atoms with Crippen molar-refractivity contribution in [2.24, 2.45) is 5.92 Å². The van der Waals surface area contributed by atoms with E-state index in [4.69, 9.17) is 13.9 Å². The van der Waals surface area contributed by atoms with Gasteiger partial charge in [-0.2, -0.15) is 4.98 Å². The molecule has 0 unspecified atom stereocenters. The van der Waals surface area contributed by atoms with E-state index in [1.54, 1.807) is 12.4 Å². The predicted octanol–water partition coefficient (Wildman–Crippen LogP) is 4.89. The molecule has 6 rings (SSSR count).